The van der Waals surface area contributed by atoms with Gasteiger partial charge in [0.1, 0.15) is 18.5 Å². The van der Waals surface area contributed by atoms with Crippen LogP contribution in [0.3, 0.4) is 0 Å². The summed E-state index contributed by atoms with van der Waals surface area (Å²) >= 11 is 0. The second kappa shape index (κ2) is 9.80. The highest BCUT2D eigenvalue weighted by Crippen LogP contribution is 2.32. The molecule has 0 bridgehead atoms. The van der Waals surface area contributed by atoms with Gasteiger partial charge in [0.05, 0.1) is 24.1 Å². The van der Waals surface area contributed by atoms with E-state index in [1.165, 1.54) is 0 Å². The van der Waals surface area contributed by atoms with Gasteiger partial charge in [-0.15, -0.1) is 0 Å². The van der Waals surface area contributed by atoms with Gasteiger partial charge in [-0.3, -0.25) is 9.59 Å². The fourth-order valence-corrected chi connectivity index (χ4v) is 3.83. The molecule has 3 N–H and O–H groups in total. The topological polar surface area (TPSA) is 109 Å². The fourth-order valence-electron chi connectivity index (χ4n) is 3.83. The Balaban J connectivity index is 1.74. The molecule has 2 heterocycles. The van der Waals surface area contributed by atoms with Crippen LogP contribution in [0.15, 0.2) is 18.2 Å². The SMILES string of the molecule is CCCNC(=O)Nc1ccc2c(c1)C(=O)N(C)[C@H]1CC[C@@H](CC(=O)NC)O[C@H]1CO2. The van der Waals surface area contributed by atoms with Gasteiger partial charge in [-0.1, -0.05) is 6.92 Å². The molecule has 1 saturated heterocycles. The Bertz CT molecular complexity index is 800. The van der Waals surface area contributed by atoms with Crippen LogP contribution in [-0.2, 0) is 9.53 Å². The molecule has 3 rings (SSSR count). The van der Waals surface area contributed by atoms with E-state index in [0.29, 0.717) is 36.4 Å². The van der Waals surface area contributed by atoms with E-state index in [9.17, 15) is 14.4 Å². The zero-order valence-electron chi connectivity index (χ0n) is 17.7. The summed E-state index contributed by atoms with van der Waals surface area (Å²) in [4.78, 5) is 38.5. The molecule has 164 valence electrons. The number of likely N-dealkylation sites (N-methyl/N-ethyl adjacent to an activating group) is 1. The number of urea groups is 1. The van der Waals surface area contributed by atoms with E-state index in [2.05, 4.69) is 16.0 Å². The highest BCUT2D eigenvalue weighted by molar-refractivity contribution is 5.99. The minimum Gasteiger partial charge on any atom is -0.490 e. The number of hydrogen-bond acceptors (Lipinski definition) is 5. The molecule has 1 aromatic carbocycles. The van der Waals surface area contributed by atoms with Crippen molar-refractivity contribution >= 4 is 23.5 Å². The van der Waals surface area contributed by atoms with Crippen LogP contribution in [0.1, 0.15) is 43.0 Å². The van der Waals surface area contributed by atoms with Gasteiger partial charge < -0.3 is 30.3 Å². The quantitative estimate of drug-likeness (QED) is 0.675. The predicted molar refractivity (Wildman–Crippen MR) is 112 cm³/mol. The normalized spacial score (nSPS) is 23.2. The zero-order chi connectivity index (χ0) is 21.7. The molecule has 1 aromatic rings. The van der Waals surface area contributed by atoms with E-state index >= 15 is 0 Å². The van der Waals surface area contributed by atoms with E-state index in [1.54, 1.807) is 37.2 Å². The summed E-state index contributed by atoms with van der Waals surface area (Å²) in [6.45, 7) is 2.83. The van der Waals surface area contributed by atoms with Crippen molar-refractivity contribution in [3.8, 4) is 5.75 Å². The van der Waals surface area contributed by atoms with Gasteiger partial charge in [-0.25, -0.2) is 4.79 Å². The lowest BCUT2D eigenvalue weighted by Crippen LogP contribution is -2.53. The molecular formula is C21H30N4O5. The maximum Gasteiger partial charge on any atom is 0.319 e. The maximum absolute atomic E-state index is 13.2. The van der Waals surface area contributed by atoms with Crippen molar-refractivity contribution in [3.63, 3.8) is 0 Å². The molecule has 4 amide bonds. The molecule has 0 radical (unpaired) electrons. The van der Waals surface area contributed by atoms with Crippen molar-refractivity contribution < 1.29 is 23.9 Å². The molecule has 0 saturated carbocycles. The minimum absolute atomic E-state index is 0.0667. The van der Waals surface area contributed by atoms with E-state index in [1.807, 2.05) is 6.92 Å². The highest BCUT2D eigenvalue weighted by Gasteiger charge is 2.39. The number of carbonyl (C=O) groups is 3. The number of anilines is 1. The van der Waals surface area contributed by atoms with Crippen LogP contribution in [0.4, 0.5) is 10.5 Å². The molecule has 0 spiro atoms. The lowest BCUT2D eigenvalue weighted by Gasteiger charge is -2.42. The monoisotopic (exact) mass is 418 g/mol. The first kappa shape index (κ1) is 21.9. The second-order valence-corrected chi connectivity index (χ2v) is 7.64. The number of fused-ring (bicyclic) bond motifs is 2. The lowest BCUT2D eigenvalue weighted by atomic mass is 9.94. The Hall–Kier alpha value is -2.81. The van der Waals surface area contributed by atoms with Crippen LogP contribution in [0.25, 0.3) is 0 Å². The Kier molecular flexibility index (Phi) is 7.15. The van der Waals surface area contributed by atoms with Gasteiger partial charge in [-0.05, 0) is 37.5 Å². The molecule has 0 unspecified atom stereocenters. The Morgan fingerprint density at radius 1 is 1.27 bits per heavy atom. The highest BCUT2D eigenvalue weighted by atomic mass is 16.5. The molecule has 30 heavy (non-hydrogen) atoms. The molecule has 2 aliphatic rings. The number of nitrogens with zero attached hydrogens (tertiary/aromatic N) is 1. The van der Waals surface area contributed by atoms with Crippen molar-refractivity contribution in [2.24, 2.45) is 0 Å². The maximum atomic E-state index is 13.2. The van der Waals surface area contributed by atoms with Gasteiger partial charge in [-0.2, -0.15) is 0 Å². The fraction of sp³-hybridized carbons (Fsp3) is 0.571. The first-order chi connectivity index (χ1) is 14.4. The Labute approximate surface area is 176 Å². The van der Waals surface area contributed by atoms with Gasteiger partial charge in [0.15, 0.2) is 0 Å². The minimum atomic E-state index is -0.313. The van der Waals surface area contributed by atoms with Crippen molar-refractivity contribution in [2.45, 2.75) is 50.9 Å². The predicted octanol–water partition coefficient (Wildman–Crippen LogP) is 1.73. The second-order valence-electron chi connectivity index (χ2n) is 7.64. The largest absolute Gasteiger partial charge is 0.490 e. The van der Waals surface area contributed by atoms with E-state index in [4.69, 9.17) is 9.47 Å². The molecule has 1 fully saturated rings. The summed E-state index contributed by atoms with van der Waals surface area (Å²) in [5.41, 5.74) is 0.923. The zero-order valence-corrected chi connectivity index (χ0v) is 17.7. The standard InChI is InChI=1S/C21H30N4O5/c1-4-9-23-21(28)24-13-5-8-17-15(10-13)20(27)25(3)16-7-6-14(11-19(26)22-2)30-18(16)12-29-17/h5,8,10,14,16,18H,4,6-7,9,11-12H2,1-3H3,(H,22,26)(H2,23,24,28)/t14-,16-,18-/m0/s1. The van der Waals surface area contributed by atoms with Crippen LogP contribution >= 0.6 is 0 Å². The number of benzene rings is 1. The summed E-state index contributed by atoms with van der Waals surface area (Å²) in [6, 6.07) is 4.57. The van der Waals surface area contributed by atoms with Gasteiger partial charge >= 0.3 is 6.03 Å². The number of rotatable bonds is 5. The number of hydrogen-bond donors (Lipinski definition) is 3. The first-order valence-corrected chi connectivity index (χ1v) is 10.4. The number of amides is 4. The van der Waals surface area contributed by atoms with Crippen LogP contribution in [0.5, 0.6) is 5.75 Å². The molecule has 0 aliphatic carbocycles. The Morgan fingerprint density at radius 3 is 2.80 bits per heavy atom. The van der Waals surface area contributed by atoms with Crippen LogP contribution in [0, 0.1) is 0 Å². The number of carbonyl (C=O) groups excluding carboxylic acids is 3. The van der Waals surface area contributed by atoms with Gasteiger partial charge in [0.25, 0.3) is 5.91 Å². The van der Waals surface area contributed by atoms with Gasteiger partial charge in [0.2, 0.25) is 5.91 Å². The average molecular weight is 418 g/mol. The van der Waals surface area contributed by atoms with Crippen LogP contribution in [-0.4, -0.2) is 68.2 Å². The van der Waals surface area contributed by atoms with Crippen LogP contribution in [0.2, 0.25) is 0 Å². The summed E-state index contributed by atoms with van der Waals surface area (Å²) in [5.74, 6) is 0.190. The lowest BCUT2D eigenvalue weighted by molar-refractivity contribution is -0.133. The Morgan fingerprint density at radius 2 is 2.07 bits per heavy atom. The van der Waals surface area contributed by atoms with Crippen molar-refractivity contribution in [1.82, 2.24) is 15.5 Å². The van der Waals surface area contributed by atoms with Crippen molar-refractivity contribution in [1.29, 1.82) is 0 Å². The van der Waals surface area contributed by atoms with E-state index < -0.39 is 0 Å². The number of ether oxygens (including phenoxy) is 2. The summed E-state index contributed by atoms with van der Waals surface area (Å²) in [5, 5.41) is 8.10. The van der Waals surface area contributed by atoms with E-state index in [0.717, 1.165) is 12.8 Å². The first-order valence-electron chi connectivity index (χ1n) is 10.4. The van der Waals surface area contributed by atoms with E-state index in [-0.39, 0.29) is 42.7 Å². The molecule has 2 aliphatic heterocycles. The molecule has 3 atom stereocenters. The third-order valence-corrected chi connectivity index (χ3v) is 5.50. The third kappa shape index (κ3) is 5.02. The molecule has 9 nitrogen and oxygen atoms in total. The average Bonchev–Trinajstić information content (AvgIpc) is 2.75. The smallest absolute Gasteiger partial charge is 0.319 e. The van der Waals surface area contributed by atoms with Crippen molar-refractivity contribution in [2.75, 3.05) is 32.6 Å². The summed E-state index contributed by atoms with van der Waals surface area (Å²) in [7, 11) is 3.36. The van der Waals surface area contributed by atoms with Crippen LogP contribution < -0.4 is 20.7 Å². The third-order valence-electron chi connectivity index (χ3n) is 5.50. The summed E-state index contributed by atoms with van der Waals surface area (Å²) < 4.78 is 12.0. The molecule has 9 heteroatoms. The summed E-state index contributed by atoms with van der Waals surface area (Å²) in [6.07, 6.45) is 2.05. The number of nitrogens with one attached hydrogen (secondary N) is 3. The van der Waals surface area contributed by atoms with Crippen molar-refractivity contribution in [3.05, 3.63) is 23.8 Å². The molecule has 0 aromatic heterocycles. The molecular weight excluding hydrogens is 388 g/mol. The van der Waals surface area contributed by atoms with Gasteiger partial charge in [0, 0.05) is 26.3 Å².